The van der Waals surface area contributed by atoms with Crippen LogP contribution in [0.1, 0.15) is 146 Å². The zero-order valence-electron chi connectivity index (χ0n) is 45.1. The van der Waals surface area contributed by atoms with Crippen molar-refractivity contribution in [2.45, 2.75) is 126 Å². The van der Waals surface area contributed by atoms with Crippen molar-refractivity contribution in [1.29, 1.82) is 0 Å². The van der Waals surface area contributed by atoms with Gasteiger partial charge in [0, 0.05) is 70.0 Å². The molecular weight excluding hydrogens is 1100 g/mol. The topological polar surface area (TPSA) is 217 Å². The van der Waals surface area contributed by atoms with Gasteiger partial charge in [-0.15, -0.1) is 0 Å². The van der Waals surface area contributed by atoms with Crippen LogP contribution in [0.3, 0.4) is 0 Å². The first-order chi connectivity index (χ1) is 38.5. The van der Waals surface area contributed by atoms with E-state index in [1.54, 1.807) is 36.4 Å². The fourth-order valence-corrected chi connectivity index (χ4v) is 16.8. The number of nitrogens with one attached hydrogen (secondary N) is 2. The van der Waals surface area contributed by atoms with Crippen LogP contribution in [0.4, 0.5) is 11.4 Å². The predicted molar refractivity (Wildman–Crippen MR) is 311 cm³/mol. The monoisotopic (exact) mass is 1170 g/mol. The molecule has 0 unspecified atom stereocenters. The van der Waals surface area contributed by atoms with E-state index in [2.05, 4.69) is 53.8 Å². The van der Waals surface area contributed by atoms with Crippen molar-refractivity contribution in [3.8, 4) is 11.5 Å². The van der Waals surface area contributed by atoms with Gasteiger partial charge in [0.25, 0.3) is 11.8 Å². The van der Waals surface area contributed by atoms with Crippen LogP contribution in [0.25, 0.3) is 0 Å². The molecule has 4 N–H and O–H groups in total. The molecule has 4 aromatic carbocycles. The summed E-state index contributed by atoms with van der Waals surface area (Å²) in [5.74, 6) is 0.885. The summed E-state index contributed by atoms with van der Waals surface area (Å²) in [6.45, 7) is 3.87. The summed E-state index contributed by atoms with van der Waals surface area (Å²) in [6, 6.07) is 22.7. The molecule has 80 heavy (non-hydrogen) atoms. The number of benzene rings is 4. The largest absolute Gasteiger partial charge is 0.490 e. The van der Waals surface area contributed by atoms with Gasteiger partial charge in [-0.05, 0) is 197 Å². The molecule has 2 fully saturated rings. The maximum Gasteiger partial charge on any atom is 0.264 e. The van der Waals surface area contributed by atoms with Crippen molar-refractivity contribution in [3.05, 3.63) is 116 Å². The Morgan fingerprint density at radius 1 is 0.537 bits per heavy atom. The molecule has 12 rings (SSSR count). The summed E-state index contributed by atoms with van der Waals surface area (Å²) >= 11 is 12.7. The van der Waals surface area contributed by atoms with Gasteiger partial charge < -0.3 is 29.7 Å². The standard InChI is InChI=1S/2C30H36ClN3O5S/c2*31-23-9-11-25-20(15-23)5-4-13-30(25)18-34-17-22-7-10-24(22)26(32-36)6-2-1-3-14-40(37,38)33-29(35)21-8-12-28(39-19-30)27(34)16-21/h2*8-9,11-12,15-16,22,24,36H,1-7,10,13-14,17-19H2,(H,33,35)/b32-26+;32-26-/t2*22-,24+,30-/m00/s1. The Bertz CT molecular complexity index is 3110. The second-order valence-electron chi connectivity index (χ2n) is 23.8. The number of amides is 2. The van der Waals surface area contributed by atoms with Gasteiger partial charge in [-0.25, -0.2) is 26.3 Å². The Labute approximate surface area is 479 Å². The summed E-state index contributed by atoms with van der Waals surface area (Å²) < 4.78 is 68.1. The molecule has 4 aromatic rings. The molecule has 2 spiro atoms. The quantitative estimate of drug-likeness (QED) is 0.0955. The average molecular weight is 1170 g/mol. The van der Waals surface area contributed by atoms with E-state index >= 15 is 0 Å². The van der Waals surface area contributed by atoms with E-state index in [9.17, 15) is 36.8 Å². The number of fused-ring (bicyclic) bond motifs is 8. The van der Waals surface area contributed by atoms with Crippen LogP contribution in [-0.4, -0.2) is 101 Å². The molecule has 0 radical (unpaired) electrons. The molecule has 2 saturated carbocycles. The summed E-state index contributed by atoms with van der Waals surface area (Å²) in [4.78, 5) is 30.8. The first kappa shape index (κ1) is 56.3. The van der Waals surface area contributed by atoms with Crippen LogP contribution in [0.15, 0.2) is 83.1 Å². The molecule has 8 aliphatic rings. The lowest BCUT2D eigenvalue weighted by Gasteiger charge is -2.44. The number of oxime groups is 2. The van der Waals surface area contributed by atoms with Crippen LogP contribution in [0, 0.1) is 23.7 Å². The first-order valence-corrected chi connectivity index (χ1v) is 32.7. The molecule has 4 aliphatic carbocycles. The Morgan fingerprint density at radius 3 is 1.38 bits per heavy atom. The van der Waals surface area contributed by atoms with Crippen LogP contribution in [-0.2, 0) is 43.7 Å². The average Bonchev–Trinajstić information content (AvgIpc) is 3.89. The second-order valence-corrected chi connectivity index (χ2v) is 28.3. The molecular formula is C60H72Cl2N6O10S2. The highest BCUT2D eigenvalue weighted by atomic mass is 35.5. The smallest absolute Gasteiger partial charge is 0.264 e. The second kappa shape index (κ2) is 23.4. The van der Waals surface area contributed by atoms with E-state index in [0.717, 1.165) is 123 Å². The van der Waals surface area contributed by atoms with Crippen LogP contribution in [0.5, 0.6) is 11.5 Å². The minimum absolute atomic E-state index is 0.123. The van der Waals surface area contributed by atoms with Gasteiger partial charge in [0.2, 0.25) is 20.0 Å². The number of rotatable bonds is 0. The van der Waals surface area contributed by atoms with E-state index in [4.69, 9.17) is 32.7 Å². The van der Waals surface area contributed by atoms with Crippen molar-refractivity contribution >= 4 is 77.9 Å². The van der Waals surface area contributed by atoms with E-state index in [-0.39, 0.29) is 45.3 Å². The Balaban J connectivity index is 0.000000169. The number of ether oxygens (including phenoxy) is 2. The summed E-state index contributed by atoms with van der Waals surface area (Å²) in [7, 11) is -7.54. The third-order valence-corrected chi connectivity index (χ3v) is 21.8. The number of carbonyl (C=O) groups is 2. The number of hydrogen-bond donors (Lipinski definition) is 4. The summed E-state index contributed by atoms with van der Waals surface area (Å²) in [5, 5.41) is 28.6. The number of anilines is 2. The normalized spacial score (nSPS) is 29.4. The Kier molecular flexibility index (Phi) is 16.4. The lowest BCUT2D eigenvalue weighted by atomic mass is 9.68. The Morgan fingerprint density at radius 2 is 0.975 bits per heavy atom. The van der Waals surface area contributed by atoms with Crippen molar-refractivity contribution < 1.29 is 46.3 Å². The maximum atomic E-state index is 13.1. The van der Waals surface area contributed by atoms with Crippen molar-refractivity contribution in [3.63, 3.8) is 0 Å². The van der Waals surface area contributed by atoms with Crippen LogP contribution >= 0.6 is 23.2 Å². The van der Waals surface area contributed by atoms with Crippen LogP contribution < -0.4 is 28.7 Å². The molecule has 2 amide bonds. The lowest BCUT2D eigenvalue weighted by molar-refractivity contribution is 0.0972. The highest BCUT2D eigenvalue weighted by Crippen LogP contribution is 2.49. The lowest BCUT2D eigenvalue weighted by Crippen LogP contribution is -2.49. The zero-order valence-corrected chi connectivity index (χ0v) is 48.3. The SMILES string of the molecule is O=C1NS(=O)(=O)CCCCC/C(=N/O)[C@@H]2CC[C@H]2CN2C[C@@]3(CCCc4cc(Cl)ccc43)COc3ccc1cc32.O=C1NS(=O)(=O)CCCCC/C(=N\O)[C@@H]2CC[C@H]2CN2C[C@@]3(CCCc4cc(Cl)ccc43)COc3ccc1cc32. The minimum atomic E-state index is -3.77. The molecule has 20 heteroatoms. The number of hydrogen-bond acceptors (Lipinski definition) is 14. The fraction of sp³-hybridized carbons (Fsp3) is 0.533. The number of halogens is 2. The molecule has 4 bridgehead atoms. The minimum Gasteiger partial charge on any atom is -0.490 e. The van der Waals surface area contributed by atoms with E-state index < -0.39 is 31.9 Å². The number of sulfonamides is 2. The van der Waals surface area contributed by atoms with E-state index in [0.29, 0.717) is 88.2 Å². The predicted octanol–water partition coefficient (Wildman–Crippen LogP) is 10.6. The fourth-order valence-electron chi connectivity index (χ4n) is 14.2. The molecule has 0 saturated heterocycles. The first-order valence-electron chi connectivity index (χ1n) is 28.7. The van der Waals surface area contributed by atoms with Gasteiger partial charge >= 0.3 is 0 Å². The van der Waals surface area contributed by atoms with Crippen molar-refractivity contribution in [2.24, 2.45) is 34.0 Å². The van der Waals surface area contributed by atoms with Gasteiger partial charge in [-0.3, -0.25) is 9.59 Å². The van der Waals surface area contributed by atoms with Gasteiger partial charge in [0.05, 0.1) is 47.5 Å². The highest BCUT2D eigenvalue weighted by molar-refractivity contribution is 7.90. The van der Waals surface area contributed by atoms with Gasteiger partial charge in [0.1, 0.15) is 11.5 Å². The van der Waals surface area contributed by atoms with Gasteiger partial charge in [0.15, 0.2) is 0 Å². The highest BCUT2D eigenvalue weighted by Gasteiger charge is 2.46. The number of nitrogens with zero attached hydrogens (tertiary/aromatic N) is 4. The van der Waals surface area contributed by atoms with Crippen molar-refractivity contribution in [2.75, 3.05) is 60.7 Å². The molecule has 6 atom stereocenters. The molecule has 4 aliphatic heterocycles. The van der Waals surface area contributed by atoms with Crippen LogP contribution in [0.2, 0.25) is 10.0 Å². The third kappa shape index (κ3) is 11.9. The molecule has 428 valence electrons. The maximum absolute atomic E-state index is 13.1. The van der Waals surface area contributed by atoms with Crippen molar-refractivity contribution in [1.82, 2.24) is 9.44 Å². The Hall–Kier alpha value is -5.56. The molecule has 16 nitrogen and oxygen atoms in total. The van der Waals surface area contributed by atoms with Gasteiger partial charge in [-0.1, -0.05) is 58.5 Å². The third-order valence-electron chi connectivity index (χ3n) is 18.6. The summed E-state index contributed by atoms with van der Waals surface area (Å²) in [6.07, 6.45) is 15.0. The molecule has 0 aromatic heterocycles. The number of carbonyl (C=O) groups excluding carboxylic acids is 2. The van der Waals surface area contributed by atoms with Gasteiger partial charge in [-0.2, -0.15) is 0 Å². The zero-order chi connectivity index (χ0) is 55.8. The summed E-state index contributed by atoms with van der Waals surface area (Å²) in [5.41, 5.74) is 8.31. The molecule has 4 heterocycles. The van der Waals surface area contributed by atoms with E-state index in [1.807, 2.05) is 12.1 Å². The van der Waals surface area contributed by atoms with E-state index in [1.165, 1.54) is 22.3 Å². The number of aryl methyl sites for hydroxylation is 2.